The lowest BCUT2D eigenvalue weighted by molar-refractivity contribution is 0.0990. The van der Waals surface area contributed by atoms with Gasteiger partial charge in [0.05, 0.1) is 16.3 Å². The topological polar surface area (TPSA) is 111 Å². The highest BCUT2D eigenvalue weighted by atomic mass is 35.5. The van der Waals surface area contributed by atoms with Crippen molar-refractivity contribution < 1.29 is 9.59 Å². The average Bonchev–Trinajstić information content (AvgIpc) is 2.43. The molecule has 0 saturated carbocycles. The third-order valence-corrected chi connectivity index (χ3v) is 2.86. The Morgan fingerprint density at radius 2 is 1.95 bits per heavy atom. The Labute approximate surface area is 119 Å². The summed E-state index contributed by atoms with van der Waals surface area (Å²) in [5, 5.41) is 2.99. The van der Waals surface area contributed by atoms with Gasteiger partial charge in [-0.3, -0.25) is 14.6 Å². The quantitative estimate of drug-likeness (QED) is 0.746. The van der Waals surface area contributed by atoms with Crippen LogP contribution in [0.4, 0.5) is 11.4 Å². The van der Waals surface area contributed by atoms with E-state index < -0.39 is 5.91 Å². The summed E-state index contributed by atoms with van der Waals surface area (Å²) in [4.78, 5) is 26.6. The number of hydrogen-bond acceptors (Lipinski definition) is 4. The minimum absolute atomic E-state index is 0.0945. The highest BCUT2D eigenvalue weighted by molar-refractivity contribution is 6.33. The van der Waals surface area contributed by atoms with E-state index >= 15 is 0 Å². The molecular formula is C13H11ClN4O2. The number of rotatable bonds is 3. The predicted octanol–water partition coefficient (Wildman–Crippen LogP) is 1.67. The Hall–Kier alpha value is -2.60. The van der Waals surface area contributed by atoms with Crippen molar-refractivity contribution in [1.29, 1.82) is 0 Å². The molecule has 0 radical (unpaired) electrons. The minimum atomic E-state index is -0.651. The molecule has 0 bridgehead atoms. The molecule has 0 atom stereocenters. The molecule has 102 valence electrons. The first-order valence-electron chi connectivity index (χ1n) is 5.59. The number of benzene rings is 1. The van der Waals surface area contributed by atoms with Gasteiger partial charge in [0.15, 0.2) is 0 Å². The fraction of sp³-hybridized carbons (Fsp3) is 0. The average molecular weight is 291 g/mol. The zero-order chi connectivity index (χ0) is 14.7. The van der Waals surface area contributed by atoms with Crippen molar-refractivity contribution in [3.8, 4) is 0 Å². The van der Waals surface area contributed by atoms with E-state index in [9.17, 15) is 9.59 Å². The number of nitrogens with zero attached hydrogens (tertiary/aromatic N) is 1. The van der Waals surface area contributed by atoms with Gasteiger partial charge in [0.1, 0.15) is 5.69 Å². The molecule has 0 fully saturated rings. The van der Waals surface area contributed by atoms with E-state index in [4.69, 9.17) is 23.1 Å². The Kier molecular flexibility index (Phi) is 3.86. The lowest BCUT2D eigenvalue weighted by Gasteiger charge is -2.06. The molecule has 6 nitrogen and oxygen atoms in total. The van der Waals surface area contributed by atoms with E-state index in [1.165, 1.54) is 18.3 Å². The van der Waals surface area contributed by atoms with Gasteiger partial charge in [-0.05, 0) is 30.3 Å². The maximum atomic E-state index is 11.9. The Balaban J connectivity index is 2.15. The van der Waals surface area contributed by atoms with E-state index in [0.29, 0.717) is 22.0 Å². The summed E-state index contributed by atoms with van der Waals surface area (Å²) in [6.45, 7) is 0. The van der Waals surface area contributed by atoms with Gasteiger partial charge in [0.2, 0.25) is 0 Å². The molecule has 2 rings (SSSR count). The fourth-order valence-corrected chi connectivity index (χ4v) is 1.66. The number of amides is 2. The molecule has 5 N–H and O–H groups in total. The SMILES string of the molecule is NC(=O)c1ccc(C(=O)Nc2ccc(N)c(Cl)c2)cn1. The zero-order valence-electron chi connectivity index (χ0n) is 10.3. The van der Waals surface area contributed by atoms with Gasteiger partial charge >= 0.3 is 0 Å². The number of anilines is 2. The number of aromatic nitrogens is 1. The van der Waals surface area contributed by atoms with Gasteiger partial charge in [-0.1, -0.05) is 11.6 Å². The molecule has 1 aromatic carbocycles. The third-order valence-electron chi connectivity index (χ3n) is 2.54. The summed E-state index contributed by atoms with van der Waals surface area (Å²) in [7, 11) is 0. The van der Waals surface area contributed by atoms with Crippen molar-refractivity contribution in [1.82, 2.24) is 4.98 Å². The molecule has 0 aliphatic heterocycles. The molecule has 0 spiro atoms. The monoisotopic (exact) mass is 290 g/mol. The predicted molar refractivity (Wildman–Crippen MR) is 76.6 cm³/mol. The normalized spacial score (nSPS) is 10.1. The van der Waals surface area contributed by atoms with Gasteiger partial charge in [-0.2, -0.15) is 0 Å². The van der Waals surface area contributed by atoms with Crippen LogP contribution in [0.15, 0.2) is 36.5 Å². The number of nitrogens with two attached hydrogens (primary N) is 2. The second kappa shape index (κ2) is 5.58. The van der Waals surface area contributed by atoms with Crippen LogP contribution >= 0.6 is 11.6 Å². The fourth-order valence-electron chi connectivity index (χ4n) is 1.48. The number of primary amides is 1. The molecule has 0 aliphatic carbocycles. The van der Waals surface area contributed by atoms with E-state index in [-0.39, 0.29) is 11.6 Å². The third kappa shape index (κ3) is 3.04. The lowest BCUT2D eigenvalue weighted by atomic mass is 10.2. The number of hydrogen-bond donors (Lipinski definition) is 3. The van der Waals surface area contributed by atoms with Gasteiger partial charge in [-0.15, -0.1) is 0 Å². The van der Waals surface area contributed by atoms with Crippen LogP contribution in [0.1, 0.15) is 20.8 Å². The van der Waals surface area contributed by atoms with Crippen LogP contribution in [-0.4, -0.2) is 16.8 Å². The molecule has 0 unspecified atom stereocenters. The van der Waals surface area contributed by atoms with E-state index in [1.807, 2.05) is 0 Å². The zero-order valence-corrected chi connectivity index (χ0v) is 11.0. The van der Waals surface area contributed by atoms with E-state index in [2.05, 4.69) is 10.3 Å². The summed E-state index contributed by atoms with van der Waals surface area (Å²) in [6.07, 6.45) is 1.27. The number of carbonyl (C=O) groups excluding carboxylic acids is 2. The van der Waals surface area contributed by atoms with Crippen molar-refractivity contribution in [3.63, 3.8) is 0 Å². The number of carbonyl (C=O) groups is 2. The molecule has 7 heteroatoms. The highest BCUT2D eigenvalue weighted by Gasteiger charge is 2.09. The van der Waals surface area contributed by atoms with E-state index in [1.54, 1.807) is 18.2 Å². The first-order chi connectivity index (χ1) is 9.47. The van der Waals surface area contributed by atoms with Gasteiger partial charge in [0, 0.05) is 11.9 Å². The molecule has 1 aromatic heterocycles. The molecule has 0 saturated heterocycles. The first kappa shape index (κ1) is 13.8. The Morgan fingerprint density at radius 1 is 1.20 bits per heavy atom. The van der Waals surface area contributed by atoms with Crippen LogP contribution in [0.25, 0.3) is 0 Å². The van der Waals surface area contributed by atoms with Crippen LogP contribution < -0.4 is 16.8 Å². The summed E-state index contributed by atoms with van der Waals surface area (Å²) in [5.41, 5.74) is 12.0. The van der Waals surface area contributed by atoms with Crippen molar-refractivity contribution in [3.05, 3.63) is 52.8 Å². The largest absolute Gasteiger partial charge is 0.398 e. The van der Waals surface area contributed by atoms with Gasteiger partial charge in [-0.25, -0.2) is 0 Å². The second-order valence-electron chi connectivity index (χ2n) is 3.99. The highest BCUT2D eigenvalue weighted by Crippen LogP contribution is 2.22. The minimum Gasteiger partial charge on any atom is -0.398 e. The molecule has 1 heterocycles. The molecule has 0 aliphatic rings. The summed E-state index contributed by atoms with van der Waals surface area (Å²) in [5.74, 6) is -1.03. The Bertz CT molecular complexity index is 671. The van der Waals surface area contributed by atoms with Crippen molar-refractivity contribution in [2.75, 3.05) is 11.1 Å². The van der Waals surface area contributed by atoms with Crippen LogP contribution in [0.3, 0.4) is 0 Å². The van der Waals surface area contributed by atoms with Crippen molar-refractivity contribution in [2.45, 2.75) is 0 Å². The maximum absolute atomic E-state index is 11.9. The maximum Gasteiger partial charge on any atom is 0.267 e. The van der Waals surface area contributed by atoms with Crippen molar-refractivity contribution in [2.24, 2.45) is 5.73 Å². The van der Waals surface area contributed by atoms with Crippen LogP contribution in [0.2, 0.25) is 5.02 Å². The summed E-state index contributed by atoms with van der Waals surface area (Å²) < 4.78 is 0. The first-order valence-corrected chi connectivity index (χ1v) is 5.97. The van der Waals surface area contributed by atoms with Gasteiger partial charge in [0.25, 0.3) is 11.8 Å². The number of pyridine rings is 1. The molecular weight excluding hydrogens is 280 g/mol. The standard InChI is InChI=1S/C13H11ClN4O2/c14-9-5-8(2-3-10(9)15)18-13(20)7-1-4-11(12(16)19)17-6-7/h1-6H,15H2,(H2,16,19)(H,18,20). The smallest absolute Gasteiger partial charge is 0.267 e. The van der Waals surface area contributed by atoms with Crippen molar-refractivity contribution >= 4 is 34.8 Å². The number of nitrogens with one attached hydrogen (secondary N) is 1. The van der Waals surface area contributed by atoms with Crippen LogP contribution in [0, 0.1) is 0 Å². The lowest BCUT2D eigenvalue weighted by Crippen LogP contribution is -2.15. The number of nitrogen functional groups attached to an aromatic ring is 1. The summed E-state index contributed by atoms with van der Waals surface area (Å²) >= 11 is 5.86. The second-order valence-corrected chi connectivity index (χ2v) is 4.39. The van der Waals surface area contributed by atoms with Gasteiger partial charge < -0.3 is 16.8 Å². The van der Waals surface area contributed by atoms with E-state index in [0.717, 1.165) is 0 Å². The number of halogens is 1. The van der Waals surface area contributed by atoms with Crippen LogP contribution in [-0.2, 0) is 0 Å². The van der Waals surface area contributed by atoms with Crippen LogP contribution in [0.5, 0.6) is 0 Å². The summed E-state index contributed by atoms with van der Waals surface area (Å²) in [6, 6.07) is 7.60. The molecule has 2 aromatic rings. The molecule has 2 amide bonds. The molecule has 20 heavy (non-hydrogen) atoms. The Morgan fingerprint density at radius 3 is 2.50 bits per heavy atom.